The number of hydrogen-bond donors (Lipinski definition) is 3. The molecule has 1 unspecified atom stereocenters. The Balaban J connectivity index is 0.000000423. The molecule has 0 amide bonds. The SMILES string of the molecule is CC(C)Oc1ccc2nc[nH]c(=O)c2c1OC1CCNCC1(F)F.O=C(O)C(F)(F)F. The Morgan fingerprint density at radius 1 is 1.32 bits per heavy atom. The number of H-pyrrole nitrogens is 1. The summed E-state index contributed by atoms with van der Waals surface area (Å²) in [5.41, 5.74) is -0.0939. The molecule has 1 saturated heterocycles. The Hall–Kier alpha value is -2.96. The number of piperidine rings is 1. The van der Waals surface area contributed by atoms with Crippen molar-refractivity contribution in [2.45, 2.75) is 44.6 Å². The van der Waals surface area contributed by atoms with Crippen molar-refractivity contribution in [1.82, 2.24) is 15.3 Å². The Morgan fingerprint density at radius 3 is 2.52 bits per heavy atom. The molecule has 1 aromatic heterocycles. The fourth-order valence-corrected chi connectivity index (χ4v) is 2.68. The van der Waals surface area contributed by atoms with Crippen molar-refractivity contribution >= 4 is 16.9 Å². The minimum Gasteiger partial charge on any atom is -0.487 e. The van der Waals surface area contributed by atoms with Crippen LogP contribution in [-0.2, 0) is 4.79 Å². The van der Waals surface area contributed by atoms with Crippen LogP contribution in [-0.4, -0.2) is 58.4 Å². The van der Waals surface area contributed by atoms with E-state index in [1.807, 2.05) is 0 Å². The Labute approximate surface area is 172 Å². The van der Waals surface area contributed by atoms with E-state index >= 15 is 0 Å². The predicted molar refractivity (Wildman–Crippen MR) is 98.7 cm³/mol. The van der Waals surface area contributed by atoms with Crippen LogP contribution in [0.5, 0.6) is 11.5 Å². The lowest BCUT2D eigenvalue weighted by Crippen LogP contribution is -2.52. The lowest BCUT2D eigenvalue weighted by molar-refractivity contribution is -0.192. The molecule has 31 heavy (non-hydrogen) atoms. The maximum atomic E-state index is 14.1. The number of carbonyl (C=O) groups is 1. The maximum Gasteiger partial charge on any atom is 0.490 e. The zero-order valence-corrected chi connectivity index (χ0v) is 16.4. The van der Waals surface area contributed by atoms with Gasteiger partial charge in [-0.15, -0.1) is 0 Å². The van der Waals surface area contributed by atoms with Crippen LogP contribution in [0.4, 0.5) is 22.0 Å². The molecule has 3 N–H and O–H groups in total. The first-order valence-corrected chi connectivity index (χ1v) is 9.05. The highest BCUT2D eigenvalue weighted by molar-refractivity contribution is 5.87. The van der Waals surface area contributed by atoms with Gasteiger partial charge in [0, 0.05) is 6.42 Å². The molecule has 1 atom stereocenters. The largest absolute Gasteiger partial charge is 0.490 e. The third-order valence-electron chi connectivity index (χ3n) is 4.01. The second kappa shape index (κ2) is 9.45. The molecule has 0 saturated carbocycles. The van der Waals surface area contributed by atoms with E-state index in [9.17, 15) is 26.7 Å². The number of benzene rings is 1. The number of halogens is 5. The number of fused-ring (bicyclic) bond motifs is 1. The zero-order valence-electron chi connectivity index (χ0n) is 16.4. The van der Waals surface area contributed by atoms with Gasteiger partial charge in [0.2, 0.25) is 0 Å². The summed E-state index contributed by atoms with van der Waals surface area (Å²) in [4.78, 5) is 27.6. The third kappa shape index (κ3) is 6.26. The number of carboxylic acid groups (broad SMARTS) is 1. The Morgan fingerprint density at radius 2 is 1.97 bits per heavy atom. The predicted octanol–water partition coefficient (Wildman–Crippen LogP) is 2.72. The molecule has 13 heteroatoms. The van der Waals surface area contributed by atoms with E-state index in [1.165, 1.54) is 6.33 Å². The fourth-order valence-electron chi connectivity index (χ4n) is 2.68. The van der Waals surface area contributed by atoms with Crippen molar-refractivity contribution in [2.24, 2.45) is 0 Å². The highest BCUT2D eigenvalue weighted by atomic mass is 19.4. The van der Waals surface area contributed by atoms with E-state index in [4.69, 9.17) is 19.4 Å². The molecule has 2 heterocycles. The highest BCUT2D eigenvalue weighted by Crippen LogP contribution is 2.37. The quantitative estimate of drug-likeness (QED) is 0.610. The second-order valence-electron chi connectivity index (χ2n) is 6.82. The van der Waals surface area contributed by atoms with E-state index < -0.39 is 36.3 Å². The lowest BCUT2D eigenvalue weighted by Gasteiger charge is -2.32. The van der Waals surface area contributed by atoms with Gasteiger partial charge in [0.1, 0.15) is 5.39 Å². The summed E-state index contributed by atoms with van der Waals surface area (Å²) in [7, 11) is 0. The summed E-state index contributed by atoms with van der Waals surface area (Å²) in [5.74, 6) is -5.52. The first kappa shape index (κ1) is 24.3. The normalized spacial score (nSPS) is 18.3. The van der Waals surface area contributed by atoms with Crippen LogP contribution in [0.1, 0.15) is 20.3 Å². The number of alkyl halides is 5. The van der Waals surface area contributed by atoms with E-state index in [0.717, 1.165) is 0 Å². The molecular weight excluding hydrogens is 433 g/mol. The summed E-state index contributed by atoms with van der Waals surface area (Å²) in [5, 5.41) is 9.89. The molecule has 1 aliphatic rings. The molecule has 1 aliphatic heterocycles. The van der Waals surface area contributed by atoms with Crippen LogP contribution in [0.2, 0.25) is 0 Å². The third-order valence-corrected chi connectivity index (χ3v) is 4.01. The summed E-state index contributed by atoms with van der Waals surface area (Å²) in [6, 6.07) is 3.19. The summed E-state index contributed by atoms with van der Waals surface area (Å²) in [6.45, 7) is 3.57. The van der Waals surface area contributed by atoms with Crippen LogP contribution in [0.15, 0.2) is 23.3 Å². The number of rotatable bonds is 4. The maximum absolute atomic E-state index is 14.1. The summed E-state index contributed by atoms with van der Waals surface area (Å²) >= 11 is 0. The van der Waals surface area contributed by atoms with E-state index in [1.54, 1.807) is 26.0 Å². The van der Waals surface area contributed by atoms with Gasteiger partial charge in [0.25, 0.3) is 11.5 Å². The van der Waals surface area contributed by atoms with Gasteiger partial charge in [0.15, 0.2) is 17.6 Å². The number of nitrogens with zero attached hydrogens (tertiary/aromatic N) is 1. The van der Waals surface area contributed by atoms with Crippen molar-refractivity contribution in [3.05, 3.63) is 28.8 Å². The van der Waals surface area contributed by atoms with Crippen molar-refractivity contribution in [3.8, 4) is 11.5 Å². The number of aliphatic carboxylic acids is 1. The average Bonchev–Trinajstić information content (AvgIpc) is 2.64. The van der Waals surface area contributed by atoms with Crippen LogP contribution < -0.4 is 20.3 Å². The second-order valence-corrected chi connectivity index (χ2v) is 6.82. The van der Waals surface area contributed by atoms with Crippen LogP contribution >= 0.6 is 0 Å². The minimum absolute atomic E-state index is 0.0159. The van der Waals surface area contributed by atoms with Gasteiger partial charge in [-0.25, -0.2) is 18.6 Å². The van der Waals surface area contributed by atoms with Crippen molar-refractivity contribution in [3.63, 3.8) is 0 Å². The van der Waals surface area contributed by atoms with Gasteiger partial charge in [-0.3, -0.25) is 4.79 Å². The number of nitrogens with one attached hydrogen (secondary N) is 2. The molecule has 172 valence electrons. The fraction of sp³-hybridized carbons (Fsp3) is 0.500. The van der Waals surface area contributed by atoms with Gasteiger partial charge in [-0.2, -0.15) is 13.2 Å². The monoisotopic (exact) mass is 453 g/mol. The first-order valence-electron chi connectivity index (χ1n) is 9.05. The van der Waals surface area contributed by atoms with Gasteiger partial charge >= 0.3 is 12.1 Å². The van der Waals surface area contributed by atoms with Gasteiger partial charge in [-0.05, 0) is 32.5 Å². The van der Waals surface area contributed by atoms with Crippen LogP contribution in [0, 0.1) is 0 Å². The smallest absolute Gasteiger partial charge is 0.487 e. The number of carboxylic acids is 1. The van der Waals surface area contributed by atoms with Crippen LogP contribution in [0.3, 0.4) is 0 Å². The molecule has 2 aromatic rings. The Kier molecular flexibility index (Phi) is 7.41. The summed E-state index contributed by atoms with van der Waals surface area (Å²) in [6.07, 6.45) is -5.23. The number of ether oxygens (including phenoxy) is 2. The van der Waals surface area contributed by atoms with Crippen molar-refractivity contribution in [2.75, 3.05) is 13.1 Å². The molecule has 0 spiro atoms. The molecule has 0 aliphatic carbocycles. The molecule has 0 radical (unpaired) electrons. The molecule has 1 aromatic carbocycles. The molecule has 0 bridgehead atoms. The van der Waals surface area contributed by atoms with E-state index in [0.29, 0.717) is 12.1 Å². The standard InChI is InChI=1S/C16H19F2N3O3.C2HF3O2/c1-9(2)23-11-4-3-10-13(15(22)21-8-20-10)14(11)24-12-5-6-19-7-16(12,17)18;3-2(4,5)1(6)7/h3-4,8-9,12,19H,5-7H2,1-2H3,(H,20,21,22);(H,6,7). The zero-order chi connectivity index (χ0) is 23.4. The molecular formula is C18H20F5N3O5. The lowest BCUT2D eigenvalue weighted by atomic mass is 10.1. The average molecular weight is 453 g/mol. The minimum atomic E-state index is -5.08. The van der Waals surface area contributed by atoms with Crippen molar-refractivity contribution in [1.29, 1.82) is 0 Å². The van der Waals surface area contributed by atoms with Crippen LogP contribution in [0.25, 0.3) is 10.9 Å². The summed E-state index contributed by atoms with van der Waals surface area (Å²) < 4.78 is 71.2. The van der Waals surface area contributed by atoms with E-state index in [-0.39, 0.29) is 29.4 Å². The van der Waals surface area contributed by atoms with Gasteiger partial charge < -0.3 is 24.9 Å². The van der Waals surface area contributed by atoms with E-state index in [2.05, 4.69) is 15.3 Å². The number of hydrogen-bond acceptors (Lipinski definition) is 6. The number of aromatic nitrogens is 2. The molecule has 1 fully saturated rings. The van der Waals surface area contributed by atoms with Gasteiger partial charge in [-0.1, -0.05) is 0 Å². The first-order chi connectivity index (χ1) is 14.3. The van der Waals surface area contributed by atoms with Crippen molar-refractivity contribution < 1.29 is 41.3 Å². The topological polar surface area (TPSA) is 114 Å². The Bertz CT molecular complexity index is 977. The molecule has 8 nitrogen and oxygen atoms in total. The number of aromatic amines is 1. The van der Waals surface area contributed by atoms with Gasteiger partial charge in [0.05, 0.1) is 24.5 Å². The molecule has 3 rings (SSSR count). The highest BCUT2D eigenvalue weighted by Gasteiger charge is 2.44.